The van der Waals surface area contributed by atoms with Crippen molar-refractivity contribution in [2.75, 3.05) is 19.3 Å². The molecule has 0 aliphatic carbocycles. The Morgan fingerprint density at radius 1 is 1.59 bits per heavy atom. The molecule has 6 heteroatoms. The summed E-state index contributed by atoms with van der Waals surface area (Å²) >= 11 is 1.82. The SMILES string of the molecule is C[C@H](CNS(C)(=O)=O)N1CCc2sccc2C1. The van der Waals surface area contributed by atoms with E-state index in [2.05, 4.69) is 28.0 Å². The molecule has 17 heavy (non-hydrogen) atoms. The van der Waals surface area contributed by atoms with Crippen molar-refractivity contribution in [2.45, 2.75) is 25.9 Å². The first-order valence-electron chi connectivity index (χ1n) is 5.69. The highest BCUT2D eigenvalue weighted by Gasteiger charge is 2.21. The maximum Gasteiger partial charge on any atom is 0.208 e. The summed E-state index contributed by atoms with van der Waals surface area (Å²) in [4.78, 5) is 3.80. The van der Waals surface area contributed by atoms with E-state index < -0.39 is 10.0 Å². The van der Waals surface area contributed by atoms with Gasteiger partial charge in [-0.2, -0.15) is 0 Å². The van der Waals surface area contributed by atoms with Crippen molar-refractivity contribution < 1.29 is 8.42 Å². The highest BCUT2D eigenvalue weighted by molar-refractivity contribution is 7.88. The number of hydrogen-bond donors (Lipinski definition) is 1. The highest BCUT2D eigenvalue weighted by Crippen LogP contribution is 2.24. The van der Waals surface area contributed by atoms with Gasteiger partial charge in [0.05, 0.1) is 6.26 Å². The second-order valence-corrected chi connectivity index (χ2v) is 7.39. The molecule has 4 nitrogen and oxygen atoms in total. The molecule has 1 N–H and O–H groups in total. The molecule has 0 aromatic carbocycles. The molecule has 0 saturated carbocycles. The summed E-state index contributed by atoms with van der Waals surface area (Å²) in [5.41, 5.74) is 1.40. The number of sulfonamides is 1. The van der Waals surface area contributed by atoms with Crippen molar-refractivity contribution in [3.8, 4) is 0 Å². The van der Waals surface area contributed by atoms with E-state index in [0.29, 0.717) is 6.54 Å². The normalized spacial score (nSPS) is 18.9. The average Bonchev–Trinajstić information content (AvgIpc) is 2.71. The van der Waals surface area contributed by atoms with Gasteiger partial charge in [0, 0.05) is 30.6 Å². The van der Waals surface area contributed by atoms with Crippen LogP contribution in [0.3, 0.4) is 0 Å². The van der Waals surface area contributed by atoms with Gasteiger partial charge in [-0.15, -0.1) is 11.3 Å². The fourth-order valence-electron chi connectivity index (χ4n) is 2.05. The lowest BCUT2D eigenvalue weighted by Crippen LogP contribution is -2.43. The van der Waals surface area contributed by atoms with E-state index in [4.69, 9.17) is 0 Å². The van der Waals surface area contributed by atoms with Crippen LogP contribution in [0.25, 0.3) is 0 Å². The van der Waals surface area contributed by atoms with Gasteiger partial charge >= 0.3 is 0 Å². The first-order chi connectivity index (χ1) is 7.96. The van der Waals surface area contributed by atoms with Crippen LogP contribution in [-0.2, 0) is 23.0 Å². The Bertz CT molecular complexity index is 481. The zero-order valence-corrected chi connectivity index (χ0v) is 11.8. The molecule has 1 aromatic rings. The van der Waals surface area contributed by atoms with Crippen LogP contribution >= 0.6 is 11.3 Å². The Kier molecular flexibility index (Phi) is 3.87. The zero-order valence-electron chi connectivity index (χ0n) is 10.1. The molecule has 2 heterocycles. The molecular weight excluding hydrogens is 256 g/mol. The third-order valence-corrected chi connectivity index (χ3v) is 4.82. The third kappa shape index (κ3) is 3.51. The van der Waals surface area contributed by atoms with Crippen molar-refractivity contribution >= 4 is 21.4 Å². The molecule has 96 valence electrons. The quantitative estimate of drug-likeness (QED) is 0.892. The first-order valence-corrected chi connectivity index (χ1v) is 8.47. The molecule has 0 amide bonds. The molecular formula is C11H18N2O2S2. The maximum absolute atomic E-state index is 11.0. The van der Waals surface area contributed by atoms with Gasteiger partial charge in [-0.1, -0.05) is 0 Å². The predicted octanol–water partition coefficient (Wildman–Crippen LogP) is 1.04. The van der Waals surface area contributed by atoms with E-state index >= 15 is 0 Å². The second-order valence-electron chi connectivity index (χ2n) is 4.56. The van der Waals surface area contributed by atoms with Crippen LogP contribution in [0.15, 0.2) is 11.4 Å². The smallest absolute Gasteiger partial charge is 0.208 e. The monoisotopic (exact) mass is 274 g/mol. The standard InChI is InChI=1S/C11H18N2O2S2/c1-9(7-12-17(2,14)15)13-5-3-11-10(8-13)4-6-16-11/h4,6,9,12H,3,5,7-8H2,1-2H3/t9-/m1/s1. The van der Waals surface area contributed by atoms with Crippen LogP contribution < -0.4 is 4.72 Å². The van der Waals surface area contributed by atoms with Gasteiger partial charge < -0.3 is 0 Å². The predicted molar refractivity (Wildman–Crippen MR) is 70.7 cm³/mol. The molecule has 0 radical (unpaired) electrons. The van der Waals surface area contributed by atoms with Gasteiger partial charge in [-0.25, -0.2) is 13.1 Å². The van der Waals surface area contributed by atoms with Gasteiger partial charge in [-0.3, -0.25) is 4.90 Å². The summed E-state index contributed by atoms with van der Waals surface area (Å²) in [7, 11) is -3.08. The molecule has 1 aliphatic heterocycles. The number of fused-ring (bicyclic) bond motifs is 1. The minimum absolute atomic E-state index is 0.234. The van der Waals surface area contributed by atoms with E-state index in [1.54, 1.807) is 0 Å². The average molecular weight is 274 g/mol. The summed E-state index contributed by atoms with van der Waals surface area (Å²) in [5.74, 6) is 0. The Balaban J connectivity index is 1.92. The Labute approximate surface area is 107 Å². The van der Waals surface area contributed by atoms with Crippen LogP contribution in [0.5, 0.6) is 0 Å². The summed E-state index contributed by atoms with van der Waals surface area (Å²) in [6.07, 6.45) is 2.28. The minimum atomic E-state index is -3.08. The third-order valence-electron chi connectivity index (χ3n) is 3.10. The van der Waals surface area contributed by atoms with Crippen LogP contribution in [-0.4, -0.2) is 38.7 Å². The summed E-state index contributed by atoms with van der Waals surface area (Å²) < 4.78 is 24.7. The van der Waals surface area contributed by atoms with Crippen molar-refractivity contribution in [1.82, 2.24) is 9.62 Å². The van der Waals surface area contributed by atoms with E-state index in [-0.39, 0.29) is 6.04 Å². The van der Waals surface area contributed by atoms with Gasteiger partial charge in [-0.05, 0) is 30.4 Å². The summed E-state index contributed by atoms with van der Waals surface area (Å²) in [6.45, 7) is 4.50. The largest absolute Gasteiger partial charge is 0.295 e. The lowest BCUT2D eigenvalue weighted by molar-refractivity contribution is 0.193. The van der Waals surface area contributed by atoms with E-state index in [1.165, 1.54) is 16.7 Å². The first kappa shape index (κ1) is 13.0. The summed E-state index contributed by atoms with van der Waals surface area (Å²) in [5, 5.41) is 2.13. The fourth-order valence-corrected chi connectivity index (χ4v) is 3.48. The number of nitrogens with one attached hydrogen (secondary N) is 1. The second kappa shape index (κ2) is 5.06. The van der Waals surface area contributed by atoms with E-state index in [0.717, 1.165) is 19.5 Å². The highest BCUT2D eigenvalue weighted by atomic mass is 32.2. The topological polar surface area (TPSA) is 49.4 Å². The molecule has 1 aromatic heterocycles. The van der Waals surface area contributed by atoms with Crippen molar-refractivity contribution in [2.24, 2.45) is 0 Å². The van der Waals surface area contributed by atoms with Gasteiger partial charge in [0.25, 0.3) is 0 Å². The maximum atomic E-state index is 11.0. The summed E-state index contributed by atoms with van der Waals surface area (Å²) in [6, 6.07) is 2.40. The van der Waals surface area contributed by atoms with Crippen LogP contribution in [0.4, 0.5) is 0 Å². The van der Waals surface area contributed by atoms with Crippen molar-refractivity contribution in [1.29, 1.82) is 0 Å². The van der Waals surface area contributed by atoms with Crippen molar-refractivity contribution in [3.63, 3.8) is 0 Å². The lowest BCUT2D eigenvalue weighted by atomic mass is 10.1. The number of rotatable bonds is 4. The van der Waals surface area contributed by atoms with Crippen LogP contribution in [0.2, 0.25) is 0 Å². The molecule has 0 fully saturated rings. The van der Waals surface area contributed by atoms with Crippen LogP contribution in [0, 0.1) is 0 Å². The lowest BCUT2D eigenvalue weighted by Gasteiger charge is -2.32. The van der Waals surface area contributed by atoms with Crippen molar-refractivity contribution in [3.05, 3.63) is 21.9 Å². The molecule has 0 saturated heterocycles. The number of thiophene rings is 1. The molecule has 2 rings (SSSR count). The minimum Gasteiger partial charge on any atom is -0.295 e. The van der Waals surface area contributed by atoms with Gasteiger partial charge in [0.1, 0.15) is 0 Å². The molecule has 0 unspecified atom stereocenters. The Morgan fingerprint density at radius 3 is 3.06 bits per heavy atom. The van der Waals surface area contributed by atoms with Crippen LogP contribution in [0.1, 0.15) is 17.4 Å². The van der Waals surface area contributed by atoms with Gasteiger partial charge in [0.2, 0.25) is 10.0 Å². The number of hydrogen-bond acceptors (Lipinski definition) is 4. The molecule has 0 bridgehead atoms. The molecule has 0 spiro atoms. The number of nitrogens with zero attached hydrogens (tertiary/aromatic N) is 1. The Hall–Kier alpha value is -0.430. The Morgan fingerprint density at radius 2 is 2.35 bits per heavy atom. The zero-order chi connectivity index (χ0) is 12.5. The fraction of sp³-hybridized carbons (Fsp3) is 0.636. The van der Waals surface area contributed by atoms with E-state index in [1.807, 2.05) is 11.3 Å². The van der Waals surface area contributed by atoms with Gasteiger partial charge in [0.15, 0.2) is 0 Å². The van der Waals surface area contributed by atoms with E-state index in [9.17, 15) is 8.42 Å². The molecule has 1 atom stereocenters. The molecule has 1 aliphatic rings.